The fourth-order valence-electron chi connectivity index (χ4n) is 1.49. The van der Waals surface area contributed by atoms with E-state index in [2.05, 4.69) is 8.37 Å². The number of carbonyl (C=O) groups excluding carboxylic acids is 2. The van der Waals surface area contributed by atoms with Gasteiger partial charge < -0.3 is 9.80 Å². The Kier molecular flexibility index (Phi) is 9.40. The molecule has 0 saturated carbocycles. The topological polar surface area (TPSA) is 127 Å². The first kappa shape index (κ1) is 22.8. The molecule has 0 aromatic carbocycles. The number of rotatable bonds is 11. The standard InChI is InChI=1S/C12H24N2O8S2/c1-13(11(15)5-9-21-23(3,17)18)7-8-14(2)12(16)6-10-22-24(4,19)20/h5-10H2,1-4H3. The first-order valence-electron chi connectivity index (χ1n) is 6.98. The summed E-state index contributed by atoms with van der Waals surface area (Å²) < 4.78 is 52.1. The highest BCUT2D eigenvalue weighted by molar-refractivity contribution is 7.86. The van der Waals surface area contributed by atoms with Crippen molar-refractivity contribution in [1.29, 1.82) is 0 Å². The predicted molar refractivity (Wildman–Crippen MR) is 86.1 cm³/mol. The zero-order valence-corrected chi connectivity index (χ0v) is 15.9. The van der Waals surface area contributed by atoms with Crippen LogP contribution in [-0.2, 0) is 38.2 Å². The third-order valence-electron chi connectivity index (χ3n) is 2.85. The molecule has 0 fully saturated rings. The summed E-state index contributed by atoms with van der Waals surface area (Å²) in [6.07, 6.45) is 1.61. The lowest BCUT2D eigenvalue weighted by Crippen LogP contribution is -2.38. The summed E-state index contributed by atoms with van der Waals surface area (Å²) in [5, 5.41) is 0. The highest BCUT2D eigenvalue weighted by Crippen LogP contribution is 1.98. The van der Waals surface area contributed by atoms with Gasteiger partial charge in [0.1, 0.15) is 0 Å². The quantitative estimate of drug-likeness (QED) is 0.397. The van der Waals surface area contributed by atoms with Crippen LogP contribution in [0, 0.1) is 0 Å². The third kappa shape index (κ3) is 12.2. The van der Waals surface area contributed by atoms with E-state index in [4.69, 9.17) is 0 Å². The van der Waals surface area contributed by atoms with E-state index in [0.717, 1.165) is 12.5 Å². The molecule has 0 aliphatic rings. The van der Waals surface area contributed by atoms with Gasteiger partial charge in [-0.1, -0.05) is 0 Å². The van der Waals surface area contributed by atoms with Gasteiger partial charge in [-0.3, -0.25) is 18.0 Å². The minimum atomic E-state index is -3.58. The van der Waals surface area contributed by atoms with Gasteiger partial charge in [0.2, 0.25) is 11.8 Å². The normalized spacial score (nSPS) is 12.0. The molecule has 10 nitrogen and oxygen atoms in total. The number of likely N-dealkylation sites (N-methyl/N-ethyl adjacent to an activating group) is 2. The van der Waals surface area contributed by atoms with Crippen LogP contribution in [0.1, 0.15) is 12.8 Å². The van der Waals surface area contributed by atoms with Crippen LogP contribution in [0.3, 0.4) is 0 Å². The zero-order valence-electron chi connectivity index (χ0n) is 14.2. The summed E-state index contributed by atoms with van der Waals surface area (Å²) in [5.74, 6) is -0.639. The number of nitrogens with zero attached hydrogens (tertiary/aromatic N) is 2. The predicted octanol–water partition coefficient (Wildman–Crippen LogP) is -1.36. The molecule has 0 N–H and O–H groups in total. The molecule has 142 valence electrons. The second-order valence-electron chi connectivity index (χ2n) is 5.18. The lowest BCUT2D eigenvalue weighted by atomic mass is 10.3. The van der Waals surface area contributed by atoms with Gasteiger partial charge in [-0.2, -0.15) is 16.8 Å². The van der Waals surface area contributed by atoms with Gasteiger partial charge >= 0.3 is 0 Å². The van der Waals surface area contributed by atoms with Crippen molar-refractivity contribution in [3.8, 4) is 0 Å². The molecule has 2 amide bonds. The van der Waals surface area contributed by atoms with Crippen LogP contribution >= 0.6 is 0 Å². The molecule has 0 bridgehead atoms. The van der Waals surface area contributed by atoms with Gasteiger partial charge in [-0.05, 0) is 0 Å². The summed E-state index contributed by atoms with van der Waals surface area (Å²) in [7, 11) is -4.12. The average Bonchev–Trinajstić information content (AvgIpc) is 2.41. The van der Waals surface area contributed by atoms with E-state index in [1.54, 1.807) is 0 Å². The molecule has 0 spiro atoms. The summed E-state index contributed by atoms with van der Waals surface area (Å²) in [6.45, 7) is 0.0129. The van der Waals surface area contributed by atoms with E-state index in [9.17, 15) is 26.4 Å². The van der Waals surface area contributed by atoms with Crippen molar-refractivity contribution in [3.63, 3.8) is 0 Å². The van der Waals surface area contributed by atoms with Crippen LogP contribution in [-0.4, -0.2) is 91.4 Å². The molecule has 0 unspecified atom stereocenters. The van der Waals surface area contributed by atoms with Crippen LogP contribution in [0.25, 0.3) is 0 Å². The molecule has 0 radical (unpaired) electrons. The zero-order chi connectivity index (χ0) is 19.0. The molecule has 0 saturated heterocycles. The highest BCUT2D eigenvalue weighted by atomic mass is 32.2. The summed E-state index contributed by atoms with van der Waals surface area (Å²) in [4.78, 5) is 26.2. The maximum Gasteiger partial charge on any atom is 0.264 e. The molecular formula is C12H24N2O8S2. The van der Waals surface area contributed by atoms with Crippen molar-refractivity contribution in [2.24, 2.45) is 0 Å². The van der Waals surface area contributed by atoms with Crippen LogP contribution < -0.4 is 0 Å². The maximum atomic E-state index is 11.8. The smallest absolute Gasteiger partial charge is 0.264 e. The molecule has 0 aliphatic heterocycles. The summed E-state index contributed by atoms with van der Waals surface area (Å²) >= 11 is 0. The molecule has 0 heterocycles. The van der Waals surface area contributed by atoms with Gasteiger partial charge in [0.25, 0.3) is 20.2 Å². The average molecular weight is 388 g/mol. The van der Waals surface area contributed by atoms with Crippen molar-refractivity contribution in [1.82, 2.24) is 9.80 Å². The van der Waals surface area contributed by atoms with Gasteiger partial charge in [-0.15, -0.1) is 0 Å². The van der Waals surface area contributed by atoms with Crippen LogP contribution in [0.4, 0.5) is 0 Å². The SMILES string of the molecule is CN(CCN(C)C(=O)CCOS(C)(=O)=O)C(=O)CCOS(C)(=O)=O. The van der Waals surface area contributed by atoms with E-state index < -0.39 is 20.2 Å². The Morgan fingerprint density at radius 3 is 1.29 bits per heavy atom. The monoisotopic (exact) mass is 388 g/mol. The molecule has 24 heavy (non-hydrogen) atoms. The molecule has 0 aromatic rings. The first-order chi connectivity index (χ1) is 10.8. The molecule has 0 rings (SSSR count). The fraction of sp³-hybridized carbons (Fsp3) is 0.833. The Morgan fingerprint density at radius 1 is 0.750 bits per heavy atom. The number of amides is 2. The van der Waals surface area contributed by atoms with Gasteiger partial charge in [-0.25, -0.2) is 0 Å². The third-order valence-corrected chi connectivity index (χ3v) is 4.04. The van der Waals surface area contributed by atoms with Crippen LogP contribution in [0.5, 0.6) is 0 Å². The van der Waals surface area contributed by atoms with Crippen LogP contribution in [0.2, 0.25) is 0 Å². The minimum absolute atomic E-state index is 0.0938. The second-order valence-corrected chi connectivity index (χ2v) is 8.47. The maximum absolute atomic E-state index is 11.8. The molecule has 12 heteroatoms. The Hall–Kier alpha value is -1.24. The molecular weight excluding hydrogens is 364 g/mol. The van der Waals surface area contributed by atoms with Gasteiger partial charge in [0.15, 0.2) is 0 Å². The summed E-state index contributed by atoms with van der Waals surface area (Å²) in [6, 6.07) is 0. The Labute approximate surface area is 142 Å². The minimum Gasteiger partial charge on any atom is -0.344 e. The Balaban J connectivity index is 4.08. The highest BCUT2D eigenvalue weighted by Gasteiger charge is 2.14. The second kappa shape index (κ2) is 9.91. The number of carbonyl (C=O) groups is 2. The molecule has 0 aliphatic carbocycles. The van der Waals surface area contributed by atoms with E-state index in [1.165, 1.54) is 23.9 Å². The fourth-order valence-corrected chi connectivity index (χ4v) is 2.26. The molecule has 0 aromatic heterocycles. The first-order valence-corrected chi connectivity index (χ1v) is 10.6. The lowest BCUT2D eigenvalue weighted by Gasteiger charge is -2.22. The van der Waals surface area contributed by atoms with E-state index >= 15 is 0 Å². The molecule has 0 atom stereocenters. The Morgan fingerprint density at radius 2 is 1.04 bits per heavy atom. The van der Waals surface area contributed by atoms with E-state index in [1.807, 2.05) is 0 Å². The van der Waals surface area contributed by atoms with Gasteiger partial charge in [0, 0.05) is 27.2 Å². The largest absolute Gasteiger partial charge is 0.344 e. The van der Waals surface area contributed by atoms with Crippen molar-refractivity contribution in [3.05, 3.63) is 0 Å². The Bertz CT molecular complexity index is 573. The van der Waals surface area contributed by atoms with Gasteiger partial charge in [0.05, 0.1) is 38.6 Å². The number of hydrogen-bond acceptors (Lipinski definition) is 8. The van der Waals surface area contributed by atoms with E-state index in [0.29, 0.717) is 0 Å². The lowest BCUT2D eigenvalue weighted by molar-refractivity contribution is -0.134. The summed E-state index contributed by atoms with van der Waals surface area (Å²) in [5.41, 5.74) is 0. The van der Waals surface area contributed by atoms with Crippen molar-refractivity contribution < 1.29 is 34.8 Å². The van der Waals surface area contributed by atoms with Crippen molar-refractivity contribution in [2.45, 2.75) is 12.8 Å². The number of hydrogen-bond donors (Lipinski definition) is 0. The van der Waals surface area contributed by atoms with Crippen molar-refractivity contribution in [2.75, 3.05) is 52.9 Å². The van der Waals surface area contributed by atoms with Crippen LogP contribution in [0.15, 0.2) is 0 Å². The van der Waals surface area contributed by atoms with Crippen molar-refractivity contribution >= 4 is 32.1 Å². The van der Waals surface area contributed by atoms with E-state index in [-0.39, 0.29) is 51.0 Å².